The molecule has 0 bridgehead atoms. The molecule has 0 amide bonds. The number of esters is 1. The summed E-state index contributed by atoms with van der Waals surface area (Å²) >= 11 is 12.0. The van der Waals surface area contributed by atoms with Crippen LogP contribution in [0.4, 0.5) is 0 Å². The number of carbonyl (C=O) groups excluding carboxylic acids is 1. The highest BCUT2D eigenvalue weighted by Crippen LogP contribution is 2.29. The first kappa shape index (κ1) is 12.1. The number of methoxy groups -OCH3 is 1. The molecule has 1 heterocycles. The average Bonchev–Trinajstić information content (AvgIpc) is 2.30. The third kappa shape index (κ3) is 2.51. The second-order valence-electron chi connectivity index (χ2n) is 3.49. The van der Waals surface area contributed by atoms with E-state index in [2.05, 4.69) is 9.72 Å². The van der Waals surface area contributed by atoms with Crippen molar-refractivity contribution in [3.05, 3.63) is 40.1 Å². The molecule has 0 N–H and O–H groups in total. The van der Waals surface area contributed by atoms with Gasteiger partial charge >= 0.3 is 5.97 Å². The van der Waals surface area contributed by atoms with Gasteiger partial charge in [0.15, 0.2) is 0 Å². The number of hydrogen-bond donors (Lipinski definition) is 0. The summed E-state index contributed by atoms with van der Waals surface area (Å²) in [6.07, 6.45) is 1.71. The lowest BCUT2D eigenvalue weighted by atomic mass is 10.1. The molecule has 0 aliphatic heterocycles. The molecule has 0 saturated heterocycles. The quantitative estimate of drug-likeness (QED) is 0.786. The molecule has 0 radical (unpaired) electrons. The van der Waals surface area contributed by atoms with Gasteiger partial charge in [0.1, 0.15) is 0 Å². The van der Waals surface area contributed by atoms with Gasteiger partial charge in [-0.25, -0.2) is 0 Å². The molecule has 0 unspecified atom stereocenters. The molecule has 0 aliphatic carbocycles. The monoisotopic (exact) mass is 269 g/mol. The Morgan fingerprint density at radius 2 is 2.12 bits per heavy atom. The standard InChI is InChI=1S/C12H9Cl2NO2/c1-17-12(16)6-11-9-4-7(13)5-10(14)8(9)2-3-15-11/h2-5H,6H2,1H3. The SMILES string of the molecule is COC(=O)Cc1nccc2c(Cl)cc(Cl)cc12. The van der Waals surface area contributed by atoms with Crippen LogP contribution in [0.5, 0.6) is 0 Å². The van der Waals surface area contributed by atoms with E-state index >= 15 is 0 Å². The van der Waals surface area contributed by atoms with Gasteiger partial charge in [0.25, 0.3) is 0 Å². The third-order valence-corrected chi connectivity index (χ3v) is 2.95. The van der Waals surface area contributed by atoms with Crippen LogP contribution in [0.15, 0.2) is 24.4 Å². The van der Waals surface area contributed by atoms with E-state index in [-0.39, 0.29) is 12.4 Å². The Morgan fingerprint density at radius 1 is 1.35 bits per heavy atom. The number of aromatic nitrogens is 1. The molecule has 0 aliphatic rings. The first-order valence-corrected chi connectivity index (χ1v) is 5.67. The average molecular weight is 270 g/mol. The van der Waals surface area contributed by atoms with Crippen LogP contribution in [-0.2, 0) is 16.0 Å². The van der Waals surface area contributed by atoms with Crippen molar-refractivity contribution >= 4 is 39.9 Å². The molecule has 1 aromatic carbocycles. The fourth-order valence-corrected chi connectivity index (χ4v) is 2.17. The number of pyridine rings is 1. The molecule has 0 fully saturated rings. The van der Waals surface area contributed by atoms with Crippen LogP contribution in [0.2, 0.25) is 10.0 Å². The van der Waals surface area contributed by atoms with Crippen LogP contribution in [0.1, 0.15) is 5.69 Å². The number of carbonyl (C=O) groups is 1. The van der Waals surface area contributed by atoms with Gasteiger partial charge in [-0.1, -0.05) is 23.2 Å². The van der Waals surface area contributed by atoms with Gasteiger partial charge in [0.05, 0.1) is 19.2 Å². The van der Waals surface area contributed by atoms with Gasteiger partial charge < -0.3 is 4.74 Å². The summed E-state index contributed by atoms with van der Waals surface area (Å²) in [5.74, 6) is -0.346. The Bertz CT molecular complexity index is 584. The first-order valence-electron chi connectivity index (χ1n) is 4.91. The fraction of sp³-hybridized carbons (Fsp3) is 0.167. The van der Waals surface area contributed by atoms with E-state index in [9.17, 15) is 4.79 Å². The number of benzene rings is 1. The van der Waals surface area contributed by atoms with E-state index in [0.717, 1.165) is 10.8 Å². The first-order chi connectivity index (χ1) is 8.11. The summed E-state index contributed by atoms with van der Waals surface area (Å²) in [6, 6.07) is 5.19. The number of rotatable bonds is 2. The Labute approximate surface area is 108 Å². The van der Waals surface area contributed by atoms with Crippen LogP contribution in [0.25, 0.3) is 10.8 Å². The van der Waals surface area contributed by atoms with Crippen molar-refractivity contribution in [2.24, 2.45) is 0 Å². The lowest BCUT2D eigenvalue weighted by molar-refractivity contribution is -0.139. The molecule has 0 spiro atoms. The molecule has 5 heteroatoms. The van der Waals surface area contributed by atoms with Crippen molar-refractivity contribution in [2.75, 3.05) is 7.11 Å². The largest absolute Gasteiger partial charge is 0.469 e. The van der Waals surface area contributed by atoms with E-state index < -0.39 is 0 Å². The summed E-state index contributed by atoms with van der Waals surface area (Å²) in [6.45, 7) is 0. The van der Waals surface area contributed by atoms with Crippen LogP contribution >= 0.6 is 23.2 Å². The van der Waals surface area contributed by atoms with Crippen molar-refractivity contribution in [1.82, 2.24) is 4.98 Å². The number of halogens is 2. The Morgan fingerprint density at radius 3 is 2.82 bits per heavy atom. The molecule has 88 valence electrons. The minimum atomic E-state index is -0.346. The van der Waals surface area contributed by atoms with Gasteiger partial charge in [-0.05, 0) is 18.2 Å². The normalized spacial score (nSPS) is 10.5. The van der Waals surface area contributed by atoms with Gasteiger partial charge in [-0.3, -0.25) is 9.78 Å². The summed E-state index contributed by atoms with van der Waals surface area (Å²) < 4.78 is 4.62. The second-order valence-corrected chi connectivity index (χ2v) is 4.34. The fourth-order valence-electron chi connectivity index (χ4n) is 1.61. The molecule has 1 aromatic heterocycles. The molecule has 0 atom stereocenters. The van der Waals surface area contributed by atoms with Crippen LogP contribution in [-0.4, -0.2) is 18.1 Å². The van der Waals surface area contributed by atoms with Crippen LogP contribution in [0, 0.1) is 0 Å². The molecule has 17 heavy (non-hydrogen) atoms. The van der Waals surface area contributed by atoms with E-state index in [1.54, 1.807) is 24.4 Å². The van der Waals surface area contributed by atoms with Crippen molar-refractivity contribution < 1.29 is 9.53 Å². The summed E-state index contributed by atoms with van der Waals surface area (Å²) in [5.41, 5.74) is 0.610. The molecular formula is C12H9Cl2NO2. The van der Waals surface area contributed by atoms with Gasteiger partial charge in [-0.2, -0.15) is 0 Å². The minimum Gasteiger partial charge on any atom is -0.469 e. The lowest BCUT2D eigenvalue weighted by Crippen LogP contribution is -2.06. The predicted molar refractivity (Wildman–Crippen MR) is 67.5 cm³/mol. The number of fused-ring (bicyclic) bond motifs is 1. The van der Waals surface area contributed by atoms with E-state index in [0.29, 0.717) is 15.7 Å². The topological polar surface area (TPSA) is 39.2 Å². The van der Waals surface area contributed by atoms with Gasteiger partial charge in [0, 0.05) is 27.0 Å². The Balaban J connectivity index is 2.60. The van der Waals surface area contributed by atoms with Crippen molar-refractivity contribution in [2.45, 2.75) is 6.42 Å². The van der Waals surface area contributed by atoms with Crippen LogP contribution in [0.3, 0.4) is 0 Å². The lowest BCUT2D eigenvalue weighted by Gasteiger charge is -2.06. The minimum absolute atomic E-state index is 0.102. The maximum atomic E-state index is 11.3. The highest BCUT2D eigenvalue weighted by molar-refractivity contribution is 6.38. The van der Waals surface area contributed by atoms with Crippen molar-refractivity contribution in [3.63, 3.8) is 0 Å². The predicted octanol–water partition coefficient (Wildman–Crippen LogP) is 3.26. The maximum absolute atomic E-state index is 11.3. The summed E-state index contributed by atoms with van der Waals surface area (Å²) in [7, 11) is 1.34. The van der Waals surface area contributed by atoms with E-state index in [4.69, 9.17) is 23.2 Å². The van der Waals surface area contributed by atoms with E-state index in [1.165, 1.54) is 7.11 Å². The Kier molecular flexibility index (Phi) is 3.50. The highest BCUT2D eigenvalue weighted by atomic mass is 35.5. The summed E-state index contributed by atoms with van der Waals surface area (Å²) in [4.78, 5) is 15.4. The highest BCUT2D eigenvalue weighted by Gasteiger charge is 2.10. The third-order valence-electron chi connectivity index (χ3n) is 2.42. The smallest absolute Gasteiger partial charge is 0.311 e. The number of hydrogen-bond acceptors (Lipinski definition) is 3. The zero-order valence-corrected chi connectivity index (χ0v) is 10.5. The van der Waals surface area contributed by atoms with Gasteiger partial charge in [-0.15, -0.1) is 0 Å². The molecule has 2 aromatic rings. The maximum Gasteiger partial charge on any atom is 0.311 e. The molecule has 0 saturated carbocycles. The second kappa shape index (κ2) is 4.90. The zero-order valence-electron chi connectivity index (χ0n) is 9.04. The number of nitrogens with zero attached hydrogens (tertiary/aromatic N) is 1. The number of ether oxygens (including phenoxy) is 1. The molecule has 2 rings (SSSR count). The summed E-state index contributed by atoms with van der Waals surface area (Å²) in [5, 5.41) is 2.66. The van der Waals surface area contributed by atoms with Crippen molar-refractivity contribution in [3.8, 4) is 0 Å². The zero-order chi connectivity index (χ0) is 12.4. The van der Waals surface area contributed by atoms with Gasteiger partial charge in [0.2, 0.25) is 0 Å². The van der Waals surface area contributed by atoms with Crippen LogP contribution < -0.4 is 0 Å². The van der Waals surface area contributed by atoms with E-state index in [1.807, 2.05) is 0 Å². The van der Waals surface area contributed by atoms with Crippen molar-refractivity contribution in [1.29, 1.82) is 0 Å². The molecular weight excluding hydrogens is 261 g/mol. The molecule has 3 nitrogen and oxygen atoms in total. The Hall–Kier alpha value is -1.32.